The molecule has 0 aromatic carbocycles. The fourth-order valence-corrected chi connectivity index (χ4v) is 7.71. The summed E-state index contributed by atoms with van der Waals surface area (Å²) >= 11 is 7.03. The molecule has 9 heteroatoms. The molecule has 0 amide bonds. The van der Waals surface area contributed by atoms with Crippen LogP contribution in [0.1, 0.15) is 59.8 Å². The number of alkyl halides is 1. The van der Waals surface area contributed by atoms with E-state index in [1.165, 1.54) is 0 Å². The van der Waals surface area contributed by atoms with Crippen LogP contribution in [0.15, 0.2) is 0 Å². The van der Waals surface area contributed by atoms with Crippen LogP contribution >= 0.6 is 11.6 Å². The Balaban J connectivity index is 1.71. The molecule has 4 saturated carbocycles. The van der Waals surface area contributed by atoms with Crippen molar-refractivity contribution in [3.05, 3.63) is 0 Å². The summed E-state index contributed by atoms with van der Waals surface area (Å²) in [6, 6.07) is 0. The third-order valence-corrected chi connectivity index (χ3v) is 8.97. The van der Waals surface area contributed by atoms with Crippen molar-refractivity contribution >= 4 is 35.5 Å². The summed E-state index contributed by atoms with van der Waals surface area (Å²) in [6.45, 7) is 7.43. The second-order valence-electron chi connectivity index (χ2n) is 9.92. The predicted octanol–water partition coefficient (Wildman–Crippen LogP) is 3.03. The van der Waals surface area contributed by atoms with Crippen molar-refractivity contribution in [1.29, 1.82) is 0 Å². The quantitative estimate of drug-likeness (QED) is 0.224. The largest absolute Gasteiger partial charge is 0.465 e. The Morgan fingerprint density at radius 2 is 1.03 bits per heavy atom. The number of esters is 4. The molecule has 5 unspecified atom stereocenters. The lowest BCUT2D eigenvalue weighted by Gasteiger charge is -2.32. The number of rotatable bonds is 8. The van der Waals surface area contributed by atoms with Crippen molar-refractivity contribution < 1.29 is 38.1 Å². The van der Waals surface area contributed by atoms with Crippen LogP contribution in [0.3, 0.4) is 0 Å². The Kier molecular flexibility index (Phi) is 5.99. The summed E-state index contributed by atoms with van der Waals surface area (Å²) in [4.78, 5) is 51.6. The Morgan fingerprint density at radius 3 is 1.39 bits per heavy atom. The summed E-state index contributed by atoms with van der Waals surface area (Å²) in [6.07, 6.45) is 1.56. The van der Waals surface area contributed by atoms with Crippen molar-refractivity contribution in [2.24, 2.45) is 34.0 Å². The van der Waals surface area contributed by atoms with Gasteiger partial charge in [-0.05, 0) is 83.0 Å². The van der Waals surface area contributed by atoms with E-state index < -0.39 is 45.0 Å². The molecular formula is C24H33ClO8. The van der Waals surface area contributed by atoms with Gasteiger partial charge in [0.1, 0.15) is 0 Å². The molecule has 184 valence electrons. The summed E-state index contributed by atoms with van der Waals surface area (Å²) in [5, 5.41) is 0. The summed E-state index contributed by atoms with van der Waals surface area (Å²) in [5.74, 6) is -2.38. The van der Waals surface area contributed by atoms with Gasteiger partial charge in [-0.2, -0.15) is 0 Å². The highest BCUT2D eigenvalue weighted by Gasteiger charge is 2.87. The zero-order valence-electron chi connectivity index (χ0n) is 19.7. The van der Waals surface area contributed by atoms with Crippen LogP contribution in [0.5, 0.6) is 0 Å². The minimum absolute atomic E-state index is 0.00174. The Labute approximate surface area is 199 Å². The first-order valence-corrected chi connectivity index (χ1v) is 12.4. The maximum absolute atomic E-state index is 13.2. The number of halogens is 1. The lowest BCUT2D eigenvalue weighted by atomic mass is 9.73. The highest BCUT2D eigenvalue weighted by molar-refractivity contribution is 6.27. The number of carbonyl (C=O) groups excluding carboxylic acids is 4. The molecule has 4 fully saturated rings. The van der Waals surface area contributed by atoms with Crippen molar-refractivity contribution in [2.75, 3.05) is 26.4 Å². The van der Waals surface area contributed by atoms with Crippen LogP contribution in [0.25, 0.3) is 0 Å². The fourth-order valence-electron chi connectivity index (χ4n) is 7.13. The van der Waals surface area contributed by atoms with E-state index in [0.29, 0.717) is 6.42 Å². The van der Waals surface area contributed by atoms with Gasteiger partial charge >= 0.3 is 23.9 Å². The van der Waals surface area contributed by atoms with Crippen molar-refractivity contribution in [3.8, 4) is 0 Å². The van der Waals surface area contributed by atoms with Gasteiger partial charge < -0.3 is 18.9 Å². The maximum atomic E-state index is 13.2. The molecule has 0 aliphatic heterocycles. The van der Waals surface area contributed by atoms with E-state index in [1.54, 1.807) is 27.7 Å². The first-order valence-electron chi connectivity index (χ1n) is 12.0. The minimum atomic E-state index is -1.47. The van der Waals surface area contributed by atoms with Gasteiger partial charge in [-0.15, -0.1) is 11.6 Å². The molecule has 1 spiro atoms. The van der Waals surface area contributed by atoms with Crippen LogP contribution in [0.2, 0.25) is 0 Å². The van der Waals surface area contributed by atoms with E-state index in [2.05, 4.69) is 0 Å². The lowest BCUT2D eigenvalue weighted by molar-refractivity contribution is -0.177. The number of fused-ring (bicyclic) bond motifs is 2. The van der Waals surface area contributed by atoms with E-state index in [1.807, 2.05) is 0 Å². The van der Waals surface area contributed by atoms with Crippen molar-refractivity contribution in [2.45, 2.75) is 64.7 Å². The number of ether oxygens (including phenoxy) is 4. The second kappa shape index (κ2) is 8.14. The Bertz CT molecular complexity index is 835. The van der Waals surface area contributed by atoms with Gasteiger partial charge in [-0.1, -0.05) is 0 Å². The highest BCUT2D eigenvalue weighted by atomic mass is 35.5. The minimum Gasteiger partial charge on any atom is -0.465 e. The molecule has 5 atom stereocenters. The van der Waals surface area contributed by atoms with Crippen molar-refractivity contribution in [3.63, 3.8) is 0 Å². The first-order chi connectivity index (χ1) is 15.6. The number of hydrogen-bond donors (Lipinski definition) is 0. The smallest absolute Gasteiger partial charge is 0.323 e. The number of carbonyl (C=O) groups is 4. The van der Waals surface area contributed by atoms with Gasteiger partial charge in [-0.25, -0.2) is 0 Å². The van der Waals surface area contributed by atoms with E-state index in [9.17, 15) is 19.2 Å². The van der Waals surface area contributed by atoms with E-state index in [0.717, 1.165) is 0 Å². The van der Waals surface area contributed by atoms with Gasteiger partial charge in [0.2, 0.25) is 0 Å². The summed E-state index contributed by atoms with van der Waals surface area (Å²) < 4.78 is 21.3. The van der Waals surface area contributed by atoms with Crippen LogP contribution in [-0.4, -0.2) is 55.2 Å². The summed E-state index contributed by atoms with van der Waals surface area (Å²) in [7, 11) is 0. The third kappa shape index (κ3) is 3.30. The van der Waals surface area contributed by atoms with Crippen LogP contribution in [-0.2, 0) is 38.1 Å². The Hall–Kier alpha value is -1.83. The molecule has 0 bridgehead atoms. The predicted molar refractivity (Wildman–Crippen MR) is 116 cm³/mol. The zero-order chi connectivity index (χ0) is 24.2. The SMILES string of the molecule is CCOC(=O)C1(C(=O)OCC)CC2C3CC(C(=O)OCC)(C(=O)OCC)CC23C2CC2(Cl)C1. The third-order valence-electron chi connectivity index (χ3n) is 8.42. The summed E-state index contributed by atoms with van der Waals surface area (Å²) in [5.41, 5.74) is -3.24. The zero-order valence-corrected chi connectivity index (χ0v) is 20.5. The molecule has 0 saturated heterocycles. The van der Waals surface area contributed by atoms with Gasteiger partial charge in [0.15, 0.2) is 10.8 Å². The van der Waals surface area contributed by atoms with Crippen LogP contribution in [0, 0.1) is 34.0 Å². The average Bonchev–Trinajstić information content (AvgIpc) is 3.54. The molecule has 33 heavy (non-hydrogen) atoms. The molecule has 8 nitrogen and oxygen atoms in total. The van der Waals surface area contributed by atoms with E-state index in [-0.39, 0.29) is 69.9 Å². The number of hydrogen-bond acceptors (Lipinski definition) is 8. The molecule has 0 radical (unpaired) electrons. The molecule has 4 aliphatic rings. The fraction of sp³-hybridized carbons (Fsp3) is 0.833. The molecule has 0 N–H and O–H groups in total. The maximum Gasteiger partial charge on any atom is 0.323 e. The van der Waals surface area contributed by atoms with Crippen molar-refractivity contribution in [1.82, 2.24) is 0 Å². The van der Waals surface area contributed by atoms with Gasteiger partial charge in [0, 0.05) is 0 Å². The highest BCUT2D eigenvalue weighted by Crippen LogP contribution is 2.87. The van der Waals surface area contributed by atoms with Crippen LogP contribution in [0.4, 0.5) is 0 Å². The van der Waals surface area contributed by atoms with E-state index >= 15 is 0 Å². The average molecular weight is 485 g/mol. The first kappa shape index (κ1) is 24.3. The molecule has 4 rings (SSSR count). The van der Waals surface area contributed by atoms with Gasteiger partial charge in [-0.3, -0.25) is 19.2 Å². The van der Waals surface area contributed by atoms with Gasteiger partial charge in [0.05, 0.1) is 31.3 Å². The molecule has 0 aromatic rings. The molecule has 0 heterocycles. The Morgan fingerprint density at radius 1 is 0.667 bits per heavy atom. The molecule has 4 aliphatic carbocycles. The standard InChI is InChI=1S/C24H33ClO8/c1-5-30-17(26)21(18(27)31-6-2)9-14-15-10-22(19(28)32-7-3,20(29)33-8-4)13-24(14,15)16-11-23(16,25)12-21/h14-16H,5-13H2,1-4H3. The monoisotopic (exact) mass is 484 g/mol. The topological polar surface area (TPSA) is 105 Å². The normalized spacial score (nSPS) is 36.2. The van der Waals surface area contributed by atoms with Gasteiger partial charge in [0.25, 0.3) is 0 Å². The molecule has 0 aromatic heterocycles. The van der Waals surface area contributed by atoms with E-state index in [4.69, 9.17) is 30.5 Å². The molecular weight excluding hydrogens is 452 g/mol. The second-order valence-corrected chi connectivity index (χ2v) is 10.7. The van der Waals surface area contributed by atoms with Crippen LogP contribution < -0.4 is 0 Å². The lowest BCUT2D eigenvalue weighted by Crippen LogP contribution is -2.45.